The second-order valence-electron chi connectivity index (χ2n) is 9.05. The van der Waals surface area contributed by atoms with E-state index in [0.717, 1.165) is 25.7 Å². The fraction of sp³-hybridized carbons (Fsp3) is 0.889. The van der Waals surface area contributed by atoms with Gasteiger partial charge in [-0.25, -0.2) is 0 Å². The topological polar surface area (TPSA) is 99.7 Å². The molecule has 0 aromatic rings. The normalized spacial score (nSPS) is 57.3. The summed E-state index contributed by atoms with van der Waals surface area (Å²) in [6, 6.07) is 0. The molecule has 24 heavy (non-hydrogen) atoms. The van der Waals surface area contributed by atoms with Crippen LogP contribution in [0.4, 0.5) is 0 Å². The quantitative estimate of drug-likeness (QED) is 0.737. The van der Waals surface area contributed by atoms with Crippen molar-refractivity contribution in [1.82, 2.24) is 0 Å². The van der Waals surface area contributed by atoms with Crippen molar-refractivity contribution >= 4 is 11.9 Å². The third-order valence-electron chi connectivity index (χ3n) is 8.36. The van der Waals surface area contributed by atoms with Gasteiger partial charge in [-0.15, -0.1) is 0 Å². The van der Waals surface area contributed by atoms with E-state index in [-0.39, 0.29) is 42.3 Å². The number of ether oxygens (including phenoxy) is 2. The lowest BCUT2D eigenvalue weighted by Crippen LogP contribution is -2.51. The Kier molecular flexibility index (Phi) is 2.44. The Morgan fingerprint density at radius 1 is 0.833 bits per heavy atom. The Balaban J connectivity index is 1.42. The predicted molar refractivity (Wildman–Crippen MR) is 79.1 cm³/mol. The number of hydrogen-bond acceptors (Lipinski definition) is 4. The molecule has 0 aromatic carbocycles. The minimum atomic E-state index is -1.14. The first-order valence-corrected chi connectivity index (χ1v) is 9.27. The monoisotopic (exact) mass is 334 g/mol. The molecule has 2 aliphatic heterocycles. The number of rotatable bonds is 5. The van der Waals surface area contributed by atoms with Gasteiger partial charge in [-0.2, -0.15) is 0 Å². The average molecular weight is 334 g/mol. The average Bonchev–Trinajstić information content (AvgIpc) is 3.37. The molecular weight excluding hydrogens is 312 g/mol. The van der Waals surface area contributed by atoms with E-state index < -0.39 is 17.4 Å². The number of fused-ring (bicyclic) bond motifs is 10. The summed E-state index contributed by atoms with van der Waals surface area (Å²) in [6.07, 6.45) is 4.52. The van der Waals surface area contributed by atoms with E-state index in [4.69, 9.17) is 9.47 Å². The van der Waals surface area contributed by atoms with Crippen molar-refractivity contribution in [2.45, 2.75) is 56.5 Å². The lowest BCUT2D eigenvalue weighted by atomic mass is 9.56. The van der Waals surface area contributed by atoms with Gasteiger partial charge in [0.15, 0.2) is 0 Å². The van der Waals surface area contributed by atoms with E-state index in [2.05, 4.69) is 0 Å². The van der Waals surface area contributed by atoms with Crippen molar-refractivity contribution in [2.24, 2.45) is 40.9 Å². The number of aliphatic carboxylic acids is 2. The summed E-state index contributed by atoms with van der Waals surface area (Å²) in [5, 5.41) is 19.9. The van der Waals surface area contributed by atoms with Crippen LogP contribution in [0.3, 0.4) is 0 Å². The molecule has 10 unspecified atom stereocenters. The third kappa shape index (κ3) is 1.51. The zero-order chi connectivity index (χ0) is 16.4. The summed E-state index contributed by atoms with van der Waals surface area (Å²) in [5.74, 6) is -0.611. The second kappa shape index (κ2) is 4.15. The first kappa shape index (κ1) is 14.1. The van der Waals surface area contributed by atoms with Crippen LogP contribution in [0.25, 0.3) is 0 Å². The van der Waals surface area contributed by atoms with Gasteiger partial charge in [0.25, 0.3) is 0 Å². The van der Waals surface area contributed by atoms with Crippen LogP contribution in [0.15, 0.2) is 0 Å². The van der Waals surface area contributed by atoms with Crippen molar-refractivity contribution in [3.8, 4) is 0 Å². The Bertz CT molecular complexity index is 607. The summed E-state index contributed by atoms with van der Waals surface area (Å²) in [6.45, 7) is 0. The molecular formula is C18H22O6. The van der Waals surface area contributed by atoms with Crippen LogP contribution in [0.5, 0.6) is 0 Å². The van der Waals surface area contributed by atoms with Gasteiger partial charge in [-0.1, -0.05) is 0 Å². The van der Waals surface area contributed by atoms with Gasteiger partial charge >= 0.3 is 11.9 Å². The smallest absolute Gasteiger partial charge is 0.310 e. The van der Waals surface area contributed by atoms with E-state index in [1.54, 1.807) is 0 Å². The molecule has 6 aliphatic rings. The number of epoxide rings is 2. The van der Waals surface area contributed by atoms with Crippen molar-refractivity contribution in [1.29, 1.82) is 0 Å². The zero-order valence-corrected chi connectivity index (χ0v) is 13.3. The molecule has 2 saturated heterocycles. The molecule has 4 aliphatic carbocycles. The van der Waals surface area contributed by atoms with Crippen molar-refractivity contribution < 1.29 is 29.3 Å². The lowest BCUT2D eigenvalue weighted by Gasteiger charge is -2.45. The third-order valence-corrected chi connectivity index (χ3v) is 8.36. The van der Waals surface area contributed by atoms with Gasteiger partial charge in [-0.05, 0) is 61.2 Å². The second-order valence-corrected chi connectivity index (χ2v) is 9.05. The van der Waals surface area contributed by atoms with Crippen LogP contribution in [0.2, 0.25) is 0 Å². The molecule has 6 nitrogen and oxygen atoms in total. The highest BCUT2D eigenvalue weighted by atomic mass is 16.6. The van der Waals surface area contributed by atoms with Crippen molar-refractivity contribution in [2.75, 3.05) is 0 Å². The lowest BCUT2D eigenvalue weighted by molar-refractivity contribution is -0.169. The molecule has 0 spiro atoms. The molecule has 0 amide bonds. The Hall–Kier alpha value is -1.14. The van der Waals surface area contributed by atoms with Crippen molar-refractivity contribution in [3.63, 3.8) is 0 Å². The molecule has 6 fully saturated rings. The molecule has 6 heteroatoms. The molecule has 4 saturated carbocycles. The van der Waals surface area contributed by atoms with Crippen LogP contribution in [-0.4, -0.2) is 46.6 Å². The number of carboxylic acid groups (broad SMARTS) is 2. The van der Waals surface area contributed by atoms with E-state index >= 15 is 0 Å². The van der Waals surface area contributed by atoms with E-state index in [9.17, 15) is 19.8 Å². The van der Waals surface area contributed by atoms with Gasteiger partial charge in [-0.3, -0.25) is 9.59 Å². The van der Waals surface area contributed by atoms with Gasteiger partial charge in [0.2, 0.25) is 0 Å². The van der Waals surface area contributed by atoms with Crippen LogP contribution < -0.4 is 0 Å². The van der Waals surface area contributed by atoms with Crippen LogP contribution in [-0.2, 0) is 19.1 Å². The van der Waals surface area contributed by atoms with E-state index in [0.29, 0.717) is 24.0 Å². The molecule has 2 N–H and O–H groups in total. The highest BCUT2D eigenvalue weighted by Gasteiger charge is 2.74. The molecule has 2 heterocycles. The van der Waals surface area contributed by atoms with Crippen molar-refractivity contribution in [3.05, 3.63) is 0 Å². The van der Waals surface area contributed by atoms with Gasteiger partial charge in [0.1, 0.15) is 0 Å². The highest BCUT2D eigenvalue weighted by Crippen LogP contribution is 2.70. The largest absolute Gasteiger partial charge is 0.481 e. The highest BCUT2D eigenvalue weighted by molar-refractivity contribution is 5.82. The van der Waals surface area contributed by atoms with Crippen LogP contribution in [0.1, 0.15) is 32.1 Å². The summed E-state index contributed by atoms with van der Waals surface area (Å²) < 4.78 is 11.5. The maximum absolute atomic E-state index is 12.6. The molecule has 0 radical (unpaired) electrons. The van der Waals surface area contributed by atoms with E-state index in [1.165, 1.54) is 0 Å². The number of carbonyl (C=O) groups is 2. The fourth-order valence-corrected chi connectivity index (χ4v) is 7.57. The van der Waals surface area contributed by atoms with Gasteiger partial charge in [0.05, 0.1) is 36.3 Å². The Morgan fingerprint density at radius 2 is 1.33 bits per heavy atom. The first-order chi connectivity index (χ1) is 11.5. The summed E-state index contributed by atoms with van der Waals surface area (Å²) in [7, 11) is 0. The minimum absolute atomic E-state index is 0.0543. The maximum atomic E-state index is 12.6. The molecule has 130 valence electrons. The number of carboxylic acids is 2. The Labute approximate surface area is 139 Å². The van der Waals surface area contributed by atoms with E-state index in [1.807, 2.05) is 0 Å². The fourth-order valence-electron chi connectivity index (χ4n) is 7.57. The standard InChI is InChI=1S/C18H22O6/c19-12(20)5-18(17(21)22,10-3-6-1-8(10)15-13(6)23-15)11-4-7-2-9(11)16-14(7)24-16/h6-11,13-16H,1-5H2,(H,19,20)(H,21,22). The predicted octanol–water partition coefficient (Wildman–Crippen LogP) is 1.38. The minimum Gasteiger partial charge on any atom is -0.481 e. The van der Waals surface area contributed by atoms with Gasteiger partial charge < -0.3 is 19.7 Å². The molecule has 6 rings (SSSR count). The summed E-state index contributed by atoms with van der Waals surface area (Å²) >= 11 is 0. The molecule has 4 bridgehead atoms. The van der Waals surface area contributed by atoms with Gasteiger partial charge in [0, 0.05) is 0 Å². The molecule has 0 aromatic heterocycles. The first-order valence-electron chi connectivity index (χ1n) is 9.27. The van der Waals surface area contributed by atoms with Crippen LogP contribution in [0, 0.1) is 40.9 Å². The summed E-state index contributed by atoms with van der Waals surface area (Å²) in [5.41, 5.74) is -1.14. The maximum Gasteiger partial charge on any atom is 0.310 e. The Morgan fingerprint density at radius 3 is 1.67 bits per heavy atom. The molecule has 10 atom stereocenters. The van der Waals surface area contributed by atoms with Crippen LogP contribution >= 0.6 is 0 Å². The zero-order valence-electron chi connectivity index (χ0n) is 13.3. The number of hydrogen-bond donors (Lipinski definition) is 2. The summed E-state index contributed by atoms with van der Waals surface area (Å²) in [4.78, 5) is 24.3. The SMILES string of the molecule is O=C(O)CC(C(=O)O)(C1CC2CC1C1OC21)C1CC2CC1C1OC21.